The second-order valence-electron chi connectivity index (χ2n) is 7.74. The van der Waals surface area contributed by atoms with Crippen molar-refractivity contribution < 1.29 is 9.47 Å². The molecule has 0 saturated heterocycles. The van der Waals surface area contributed by atoms with Gasteiger partial charge < -0.3 is 9.47 Å². The van der Waals surface area contributed by atoms with E-state index in [9.17, 15) is 9.81 Å². The van der Waals surface area contributed by atoms with Crippen LogP contribution < -0.4 is 0 Å². The molecule has 2 fully saturated rings. The predicted molar refractivity (Wildman–Crippen MR) is 89.2 cm³/mol. The Morgan fingerprint density at radius 3 is 1.48 bits per heavy atom. The van der Waals surface area contributed by atoms with Crippen molar-refractivity contribution in [1.82, 2.24) is 0 Å². The van der Waals surface area contributed by atoms with Crippen LogP contribution in [0.1, 0.15) is 52.4 Å². The lowest BCUT2D eigenvalue weighted by atomic mass is 9.59. The van der Waals surface area contributed by atoms with Gasteiger partial charge in [0, 0.05) is 14.2 Å². The molecule has 2 aliphatic rings. The fourth-order valence-electron chi connectivity index (χ4n) is 4.69. The first-order valence-corrected chi connectivity index (χ1v) is 8.68. The summed E-state index contributed by atoms with van der Waals surface area (Å²) in [6.45, 7) is 4.54. The molecule has 132 valence electrons. The van der Waals surface area contributed by atoms with Gasteiger partial charge in [-0.2, -0.15) is 9.81 Å². The summed E-state index contributed by atoms with van der Waals surface area (Å²) in [6, 6.07) is -0.512. The highest BCUT2D eigenvalue weighted by molar-refractivity contribution is 4.97. The van der Waals surface area contributed by atoms with Crippen LogP contribution in [-0.2, 0) is 9.47 Å². The van der Waals surface area contributed by atoms with Gasteiger partial charge in [0.25, 0.3) is 0 Å². The van der Waals surface area contributed by atoms with Crippen LogP contribution in [-0.4, -0.2) is 38.5 Å². The van der Waals surface area contributed by atoms with E-state index in [4.69, 9.17) is 9.47 Å². The maximum Gasteiger partial charge on any atom is 0.118 e. The molecule has 6 nitrogen and oxygen atoms in total. The van der Waals surface area contributed by atoms with Gasteiger partial charge in [-0.15, -0.1) is 0 Å². The predicted octanol–water partition coefficient (Wildman–Crippen LogP) is 3.91. The highest BCUT2D eigenvalue weighted by atomic mass is 16.5. The third-order valence-electron chi connectivity index (χ3n) is 6.49. The SMILES string of the molecule is COC1CCC(C(C)(C)C2CCC(OC)C(N=O)C2)CC1N=O. The molecule has 0 amide bonds. The van der Waals surface area contributed by atoms with Crippen LogP contribution >= 0.6 is 0 Å². The van der Waals surface area contributed by atoms with Gasteiger partial charge >= 0.3 is 0 Å². The van der Waals surface area contributed by atoms with Gasteiger partial charge in [-0.05, 0) is 55.8 Å². The largest absolute Gasteiger partial charge is 0.379 e. The first kappa shape index (κ1) is 18.5. The number of ether oxygens (including phenoxy) is 2. The maximum absolute atomic E-state index is 11.2. The summed E-state index contributed by atoms with van der Waals surface area (Å²) in [4.78, 5) is 22.3. The number of nitrogens with zero attached hydrogens (tertiary/aromatic N) is 2. The van der Waals surface area contributed by atoms with E-state index in [1.807, 2.05) is 0 Å². The summed E-state index contributed by atoms with van der Waals surface area (Å²) in [5, 5.41) is 6.60. The van der Waals surface area contributed by atoms with Crippen LogP contribution in [0.5, 0.6) is 0 Å². The lowest BCUT2D eigenvalue weighted by Gasteiger charge is -2.48. The molecule has 0 aromatic heterocycles. The van der Waals surface area contributed by atoms with Gasteiger partial charge in [0.05, 0.1) is 12.2 Å². The third kappa shape index (κ3) is 3.79. The van der Waals surface area contributed by atoms with Gasteiger partial charge in [-0.3, -0.25) is 0 Å². The van der Waals surface area contributed by atoms with Crippen molar-refractivity contribution in [3.8, 4) is 0 Å². The number of nitroso groups, excluding NO2 is 2. The Kier molecular flexibility index (Phi) is 6.26. The van der Waals surface area contributed by atoms with Crippen LogP contribution in [0.3, 0.4) is 0 Å². The molecule has 0 aromatic rings. The molecule has 0 N–H and O–H groups in total. The molecule has 0 aliphatic heterocycles. The molecule has 0 radical (unpaired) electrons. The first-order chi connectivity index (χ1) is 11.0. The minimum absolute atomic E-state index is 0.0480. The zero-order valence-electron chi connectivity index (χ0n) is 14.7. The number of rotatable bonds is 6. The molecule has 0 spiro atoms. The van der Waals surface area contributed by atoms with E-state index in [0.29, 0.717) is 11.8 Å². The van der Waals surface area contributed by atoms with E-state index < -0.39 is 0 Å². The van der Waals surface area contributed by atoms with Crippen molar-refractivity contribution >= 4 is 0 Å². The molecule has 23 heavy (non-hydrogen) atoms. The van der Waals surface area contributed by atoms with E-state index in [-0.39, 0.29) is 29.7 Å². The van der Waals surface area contributed by atoms with Crippen molar-refractivity contribution in [3.05, 3.63) is 9.81 Å². The zero-order chi connectivity index (χ0) is 17.0. The summed E-state index contributed by atoms with van der Waals surface area (Å²) in [7, 11) is 3.31. The first-order valence-electron chi connectivity index (χ1n) is 8.68. The van der Waals surface area contributed by atoms with E-state index in [2.05, 4.69) is 24.2 Å². The Labute approximate surface area is 138 Å². The molecule has 2 saturated carbocycles. The quantitative estimate of drug-likeness (QED) is 0.693. The van der Waals surface area contributed by atoms with Crippen molar-refractivity contribution in [2.45, 2.75) is 76.7 Å². The van der Waals surface area contributed by atoms with Gasteiger partial charge in [0.1, 0.15) is 12.1 Å². The zero-order valence-corrected chi connectivity index (χ0v) is 14.7. The molecule has 0 bridgehead atoms. The monoisotopic (exact) mass is 326 g/mol. The topological polar surface area (TPSA) is 77.3 Å². The lowest BCUT2D eigenvalue weighted by Crippen LogP contribution is -2.45. The van der Waals surface area contributed by atoms with Gasteiger partial charge in [-0.1, -0.05) is 24.2 Å². The minimum atomic E-state index is -0.256. The van der Waals surface area contributed by atoms with Crippen LogP contribution in [0.4, 0.5) is 0 Å². The van der Waals surface area contributed by atoms with Crippen molar-refractivity contribution in [2.24, 2.45) is 27.6 Å². The van der Waals surface area contributed by atoms with Crippen LogP contribution in [0.2, 0.25) is 0 Å². The highest BCUT2D eigenvalue weighted by Gasteiger charge is 2.45. The minimum Gasteiger partial charge on any atom is -0.379 e. The summed E-state index contributed by atoms with van der Waals surface area (Å²) in [5.74, 6) is 0.848. The summed E-state index contributed by atoms with van der Waals surface area (Å²) in [6.07, 6.45) is 5.30. The Morgan fingerprint density at radius 1 is 0.783 bits per heavy atom. The average Bonchev–Trinajstić information content (AvgIpc) is 2.60. The standard InChI is InChI=1S/C17H30N2O4/c1-17(2,11-5-7-15(22-3)13(9-11)18-20)12-6-8-16(23-4)14(10-12)19-21/h11-16H,5-10H2,1-4H3. The average molecular weight is 326 g/mol. The van der Waals surface area contributed by atoms with Crippen molar-refractivity contribution in [2.75, 3.05) is 14.2 Å². The molecule has 2 rings (SSSR count). The van der Waals surface area contributed by atoms with Crippen molar-refractivity contribution in [1.29, 1.82) is 0 Å². The van der Waals surface area contributed by atoms with Gasteiger partial charge in [0.15, 0.2) is 0 Å². The summed E-state index contributed by atoms with van der Waals surface area (Å²) < 4.78 is 10.8. The van der Waals surface area contributed by atoms with E-state index in [0.717, 1.165) is 38.5 Å². The molecular weight excluding hydrogens is 296 g/mol. The van der Waals surface area contributed by atoms with Crippen LogP contribution in [0.15, 0.2) is 10.4 Å². The van der Waals surface area contributed by atoms with Crippen molar-refractivity contribution in [3.63, 3.8) is 0 Å². The van der Waals surface area contributed by atoms with Gasteiger partial charge in [-0.25, -0.2) is 0 Å². The Balaban J connectivity index is 2.06. The Hall–Kier alpha value is -0.880. The Morgan fingerprint density at radius 2 is 1.17 bits per heavy atom. The second kappa shape index (κ2) is 7.79. The molecule has 0 aromatic carbocycles. The van der Waals surface area contributed by atoms with E-state index in [1.54, 1.807) is 14.2 Å². The molecule has 6 heteroatoms. The molecule has 2 aliphatic carbocycles. The molecule has 0 heterocycles. The molecular formula is C17H30N2O4. The fraction of sp³-hybridized carbons (Fsp3) is 1.00. The highest BCUT2D eigenvalue weighted by Crippen LogP contribution is 2.49. The van der Waals surface area contributed by atoms with Gasteiger partial charge in [0.2, 0.25) is 0 Å². The van der Waals surface area contributed by atoms with Crippen LogP contribution in [0.25, 0.3) is 0 Å². The number of methoxy groups -OCH3 is 2. The smallest absolute Gasteiger partial charge is 0.118 e. The fourth-order valence-corrected chi connectivity index (χ4v) is 4.69. The number of hydrogen-bond acceptors (Lipinski definition) is 6. The second-order valence-corrected chi connectivity index (χ2v) is 7.74. The van der Waals surface area contributed by atoms with Crippen LogP contribution in [0, 0.1) is 27.1 Å². The summed E-state index contributed by atoms with van der Waals surface area (Å²) >= 11 is 0. The normalized spacial score (nSPS) is 39.0. The Bertz CT molecular complexity index is 379. The lowest BCUT2D eigenvalue weighted by molar-refractivity contribution is -0.0303. The van der Waals surface area contributed by atoms with E-state index in [1.165, 1.54) is 0 Å². The molecule has 6 atom stereocenters. The molecule has 6 unspecified atom stereocenters. The van der Waals surface area contributed by atoms with E-state index >= 15 is 0 Å². The maximum atomic E-state index is 11.2. The summed E-state index contributed by atoms with van der Waals surface area (Å²) in [5.41, 5.74) is 0.0588. The third-order valence-corrected chi connectivity index (χ3v) is 6.49. The number of hydrogen-bond donors (Lipinski definition) is 0.